The number of aliphatic hydroxyl groups excluding tert-OH is 1. The highest BCUT2D eigenvalue weighted by molar-refractivity contribution is 5.04. The van der Waals surface area contributed by atoms with Gasteiger partial charge in [0.25, 0.3) is 0 Å². The van der Waals surface area contributed by atoms with Crippen LogP contribution in [-0.2, 0) is 0 Å². The molecular weight excluding hydrogens is 140 g/mol. The van der Waals surface area contributed by atoms with E-state index in [1.807, 2.05) is 12.1 Å². The van der Waals surface area contributed by atoms with Gasteiger partial charge in [-0.25, -0.2) is 0 Å². The molecule has 0 spiro atoms. The molecule has 0 aliphatic carbocycles. The molecule has 1 aromatic heterocycles. The van der Waals surface area contributed by atoms with Crippen molar-refractivity contribution in [2.45, 2.75) is 25.7 Å². The van der Waals surface area contributed by atoms with E-state index in [4.69, 9.17) is 9.52 Å². The Morgan fingerprint density at radius 2 is 2.45 bits per heavy atom. The van der Waals surface area contributed by atoms with Crippen molar-refractivity contribution in [3.8, 4) is 0 Å². The van der Waals surface area contributed by atoms with Gasteiger partial charge in [-0.3, -0.25) is 0 Å². The lowest BCUT2D eigenvalue weighted by Gasteiger charge is -2.08. The fraction of sp³-hybridized carbons (Fsp3) is 0.556. The molecule has 0 fully saturated rings. The van der Waals surface area contributed by atoms with Crippen LogP contribution in [0.3, 0.4) is 0 Å². The van der Waals surface area contributed by atoms with E-state index < -0.39 is 0 Å². The maximum Gasteiger partial charge on any atom is 0.109 e. The third-order valence-corrected chi connectivity index (χ3v) is 1.80. The molecule has 0 bridgehead atoms. The summed E-state index contributed by atoms with van der Waals surface area (Å²) in [6.45, 7) is 2.28. The van der Waals surface area contributed by atoms with Gasteiger partial charge in [-0.15, -0.1) is 0 Å². The van der Waals surface area contributed by atoms with Gasteiger partial charge in [0.05, 0.1) is 12.9 Å². The second kappa shape index (κ2) is 4.19. The van der Waals surface area contributed by atoms with Crippen LogP contribution < -0.4 is 0 Å². The molecule has 1 rings (SSSR count). The molecule has 0 amide bonds. The zero-order chi connectivity index (χ0) is 8.10. The first kappa shape index (κ1) is 8.34. The molecule has 0 aromatic carbocycles. The summed E-state index contributed by atoms with van der Waals surface area (Å²) in [5.41, 5.74) is 0. The first-order valence-electron chi connectivity index (χ1n) is 4.02. The van der Waals surface area contributed by atoms with Crippen molar-refractivity contribution in [2.24, 2.45) is 0 Å². The average Bonchev–Trinajstić information content (AvgIpc) is 2.52. The van der Waals surface area contributed by atoms with Crippen molar-refractivity contribution in [3.05, 3.63) is 24.2 Å². The van der Waals surface area contributed by atoms with Gasteiger partial charge in [0, 0.05) is 5.92 Å². The maximum absolute atomic E-state index is 8.97. The van der Waals surface area contributed by atoms with Gasteiger partial charge in [0.1, 0.15) is 5.76 Å². The zero-order valence-corrected chi connectivity index (χ0v) is 6.79. The Kier molecular flexibility index (Phi) is 3.17. The smallest absolute Gasteiger partial charge is 0.109 e. The van der Waals surface area contributed by atoms with Crippen molar-refractivity contribution < 1.29 is 9.52 Å². The molecule has 1 N–H and O–H groups in total. The Balaban J connectivity index is 2.56. The molecule has 0 saturated heterocycles. The minimum absolute atomic E-state index is 0.182. The minimum Gasteiger partial charge on any atom is -0.469 e. The van der Waals surface area contributed by atoms with Crippen molar-refractivity contribution in [2.75, 3.05) is 6.61 Å². The lowest BCUT2D eigenvalue weighted by atomic mass is 10.0. The Hall–Kier alpha value is -0.760. The van der Waals surface area contributed by atoms with Crippen LogP contribution in [-0.4, -0.2) is 11.7 Å². The molecule has 0 aliphatic rings. The standard InChI is InChI=1S/C9H14O2/c1-2-4-8(7-10)9-5-3-6-11-9/h3,5-6,8,10H,2,4,7H2,1H3. The topological polar surface area (TPSA) is 33.4 Å². The Morgan fingerprint density at radius 1 is 1.64 bits per heavy atom. The monoisotopic (exact) mass is 154 g/mol. The fourth-order valence-corrected chi connectivity index (χ4v) is 1.20. The molecule has 62 valence electrons. The highest BCUT2D eigenvalue weighted by Crippen LogP contribution is 2.20. The second-order valence-corrected chi connectivity index (χ2v) is 2.68. The number of hydrogen-bond acceptors (Lipinski definition) is 2. The largest absolute Gasteiger partial charge is 0.469 e. The van der Waals surface area contributed by atoms with Crippen molar-refractivity contribution >= 4 is 0 Å². The summed E-state index contributed by atoms with van der Waals surface area (Å²) >= 11 is 0. The Morgan fingerprint density at radius 3 is 2.91 bits per heavy atom. The average molecular weight is 154 g/mol. The quantitative estimate of drug-likeness (QED) is 0.720. The van der Waals surface area contributed by atoms with Crippen molar-refractivity contribution in [1.29, 1.82) is 0 Å². The highest BCUT2D eigenvalue weighted by atomic mass is 16.3. The molecule has 11 heavy (non-hydrogen) atoms. The highest BCUT2D eigenvalue weighted by Gasteiger charge is 2.10. The van der Waals surface area contributed by atoms with Gasteiger partial charge in [0.15, 0.2) is 0 Å². The normalized spacial score (nSPS) is 13.3. The SMILES string of the molecule is CCCC(CO)c1ccco1. The van der Waals surface area contributed by atoms with Crippen molar-refractivity contribution in [3.63, 3.8) is 0 Å². The molecule has 2 nitrogen and oxygen atoms in total. The molecule has 1 unspecified atom stereocenters. The molecule has 0 aliphatic heterocycles. The zero-order valence-electron chi connectivity index (χ0n) is 6.79. The number of rotatable bonds is 4. The Bertz CT molecular complexity index is 179. The van der Waals surface area contributed by atoms with E-state index in [1.54, 1.807) is 6.26 Å². The summed E-state index contributed by atoms with van der Waals surface area (Å²) < 4.78 is 5.18. The third-order valence-electron chi connectivity index (χ3n) is 1.80. The fourth-order valence-electron chi connectivity index (χ4n) is 1.20. The van der Waals surface area contributed by atoms with Crippen LogP contribution in [0.5, 0.6) is 0 Å². The summed E-state index contributed by atoms with van der Waals surface area (Å²) in [5, 5.41) is 8.97. The van der Waals surface area contributed by atoms with Gasteiger partial charge >= 0.3 is 0 Å². The first-order chi connectivity index (χ1) is 5.38. The van der Waals surface area contributed by atoms with Crippen LogP contribution in [0.1, 0.15) is 31.4 Å². The summed E-state index contributed by atoms with van der Waals surface area (Å²) in [5.74, 6) is 1.09. The van der Waals surface area contributed by atoms with E-state index >= 15 is 0 Å². The van der Waals surface area contributed by atoms with E-state index in [0.717, 1.165) is 18.6 Å². The van der Waals surface area contributed by atoms with E-state index in [2.05, 4.69) is 6.92 Å². The predicted molar refractivity (Wildman–Crippen MR) is 43.4 cm³/mol. The summed E-state index contributed by atoms with van der Waals surface area (Å²) in [6.07, 6.45) is 3.71. The van der Waals surface area contributed by atoms with Crippen LogP contribution in [0, 0.1) is 0 Å². The first-order valence-corrected chi connectivity index (χ1v) is 4.02. The van der Waals surface area contributed by atoms with Gasteiger partial charge in [-0.05, 0) is 18.6 Å². The van der Waals surface area contributed by atoms with E-state index in [0.29, 0.717) is 0 Å². The lowest BCUT2D eigenvalue weighted by molar-refractivity contribution is 0.241. The molecular formula is C9H14O2. The van der Waals surface area contributed by atoms with Crippen LogP contribution in [0.15, 0.2) is 22.8 Å². The van der Waals surface area contributed by atoms with E-state index in [9.17, 15) is 0 Å². The van der Waals surface area contributed by atoms with Gasteiger partial charge in [-0.1, -0.05) is 13.3 Å². The molecule has 0 radical (unpaired) electrons. The van der Waals surface area contributed by atoms with E-state index in [1.165, 1.54) is 0 Å². The minimum atomic E-state index is 0.182. The maximum atomic E-state index is 8.97. The number of furan rings is 1. The summed E-state index contributed by atoms with van der Waals surface area (Å²) in [6, 6.07) is 3.77. The summed E-state index contributed by atoms with van der Waals surface area (Å²) in [7, 11) is 0. The van der Waals surface area contributed by atoms with Crippen molar-refractivity contribution in [1.82, 2.24) is 0 Å². The lowest BCUT2D eigenvalue weighted by Crippen LogP contribution is -2.01. The second-order valence-electron chi connectivity index (χ2n) is 2.68. The molecule has 2 heteroatoms. The third kappa shape index (κ3) is 2.09. The predicted octanol–water partition coefficient (Wildman–Crippen LogP) is 2.16. The molecule has 1 atom stereocenters. The van der Waals surface area contributed by atoms with Crippen LogP contribution >= 0.6 is 0 Å². The van der Waals surface area contributed by atoms with Crippen LogP contribution in [0.25, 0.3) is 0 Å². The van der Waals surface area contributed by atoms with Gasteiger partial charge < -0.3 is 9.52 Å². The van der Waals surface area contributed by atoms with Gasteiger partial charge in [-0.2, -0.15) is 0 Å². The summed E-state index contributed by atoms with van der Waals surface area (Å²) in [4.78, 5) is 0. The van der Waals surface area contributed by atoms with Gasteiger partial charge in [0.2, 0.25) is 0 Å². The van der Waals surface area contributed by atoms with Crippen LogP contribution in [0.2, 0.25) is 0 Å². The number of aliphatic hydroxyl groups is 1. The number of hydrogen-bond donors (Lipinski definition) is 1. The molecule has 0 saturated carbocycles. The molecule has 1 aromatic rings. The Labute approximate surface area is 66.8 Å². The van der Waals surface area contributed by atoms with Crippen LogP contribution in [0.4, 0.5) is 0 Å². The molecule has 1 heterocycles. The van der Waals surface area contributed by atoms with E-state index in [-0.39, 0.29) is 12.5 Å².